The first-order chi connectivity index (χ1) is 9.34. The van der Waals surface area contributed by atoms with Crippen LogP contribution in [0.2, 0.25) is 0 Å². The molecule has 5 nitrogen and oxygen atoms in total. The van der Waals surface area contributed by atoms with Crippen molar-refractivity contribution >= 4 is 27.6 Å². The minimum Gasteiger partial charge on any atom is -0.465 e. The Labute approximate surface area is 125 Å². The third kappa shape index (κ3) is 3.66. The molecule has 0 aliphatic heterocycles. The van der Waals surface area contributed by atoms with E-state index < -0.39 is 16.3 Å². The summed E-state index contributed by atoms with van der Waals surface area (Å²) in [6.07, 6.45) is 1.63. The largest absolute Gasteiger partial charge is 0.465 e. The normalized spacial score (nSPS) is 13.3. The van der Waals surface area contributed by atoms with E-state index in [1.54, 1.807) is 26.0 Å². The van der Waals surface area contributed by atoms with Crippen LogP contribution in [-0.2, 0) is 16.0 Å². The fraction of sp³-hybridized carbons (Fsp3) is 0.357. The average Bonchev–Trinajstić information content (AvgIpc) is 2.40. The number of rotatable bonds is 6. The third-order valence-corrected chi connectivity index (χ3v) is 3.49. The van der Waals surface area contributed by atoms with E-state index in [1.807, 2.05) is 0 Å². The minimum atomic E-state index is -0.991. The fourth-order valence-corrected chi connectivity index (χ4v) is 2.12. The third-order valence-electron chi connectivity index (χ3n) is 2.99. The van der Waals surface area contributed by atoms with Gasteiger partial charge < -0.3 is 4.74 Å². The van der Waals surface area contributed by atoms with Gasteiger partial charge in [0.15, 0.2) is 0 Å². The van der Waals surface area contributed by atoms with Crippen molar-refractivity contribution < 1.29 is 14.5 Å². The van der Waals surface area contributed by atoms with E-state index in [-0.39, 0.29) is 18.7 Å². The molecule has 0 heterocycles. The van der Waals surface area contributed by atoms with Crippen LogP contribution < -0.4 is 0 Å². The van der Waals surface area contributed by atoms with Gasteiger partial charge >= 0.3 is 5.97 Å². The number of nitrogens with zero attached hydrogens (tertiary/aromatic N) is 1. The number of esters is 1. The number of hydrogen-bond acceptors (Lipinski definition) is 4. The van der Waals surface area contributed by atoms with E-state index in [2.05, 4.69) is 22.5 Å². The Balaban J connectivity index is 3.16. The molecule has 1 atom stereocenters. The Hall–Kier alpha value is -1.69. The Bertz CT molecular complexity index is 544. The quantitative estimate of drug-likeness (QED) is 0.342. The number of carbonyl (C=O) groups is 1. The topological polar surface area (TPSA) is 69.4 Å². The zero-order chi connectivity index (χ0) is 15.3. The van der Waals surface area contributed by atoms with Gasteiger partial charge in [-0.15, -0.1) is 6.58 Å². The summed E-state index contributed by atoms with van der Waals surface area (Å²) in [5.41, 5.74) is -0.556. The molecule has 6 heteroatoms. The van der Waals surface area contributed by atoms with Crippen LogP contribution in [0.4, 0.5) is 5.69 Å². The van der Waals surface area contributed by atoms with Crippen LogP contribution in [0.15, 0.2) is 35.3 Å². The summed E-state index contributed by atoms with van der Waals surface area (Å²) < 4.78 is 5.62. The van der Waals surface area contributed by atoms with E-state index >= 15 is 0 Å². The van der Waals surface area contributed by atoms with E-state index in [9.17, 15) is 14.9 Å². The summed E-state index contributed by atoms with van der Waals surface area (Å²) in [5.74, 6) is -0.438. The zero-order valence-electron chi connectivity index (χ0n) is 11.4. The molecular weight excluding hydrogens is 326 g/mol. The SMILES string of the molecule is C=CC(C)(Cc1ccc(Br)cc1[N+](=O)[O-])C(=O)OCC. The van der Waals surface area contributed by atoms with Crippen LogP contribution in [0.5, 0.6) is 0 Å². The Morgan fingerprint density at radius 1 is 1.60 bits per heavy atom. The zero-order valence-corrected chi connectivity index (χ0v) is 13.0. The van der Waals surface area contributed by atoms with E-state index in [4.69, 9.17) is 4.74 Å². The van der Waals surface area contributed by atoms with Gasteiger partial charge in [-0.1, -0.05) is 28.1 Å². The van der Waals surface area contributed by atoms with Crippen molar-refractivity contribution in [2.45, 2.75) is 20.3 Å². The number of nitro benzene ring substituents is 1. The maximum absolute atomic E-state index is 12.0. The molecule has 0 amide bonds. The summed E-state index contributed by atoms with van der Waals surface area (Å²) in [7, 11) is 0. The van der Waals surface area contributed by atoms with Gasteiger partial charge in [-0.05, 0) is 26.3 Å². The maximum Gasteiger partial charge on any atom is 0.315 e. The maximum atomic E-state index is 12.0. The molecule has 1 unspecified atom stereocenters. The lowest BCUT2D eigenvalue weighted by molar-refractivity contribution is -0.385. The molecule has 0 bridgehead atoms. The first-order valence-electron chi connectivity index (χ1n) is 6.07. The van der Waals surface area contributed by atoms with Crippen LogP contribution in [-0.4, -0.2) is 17.5 Å². The number of carbonyl (C=O) groups excluding carboxylic acids is 1. The molecular formula is C14H16BrNO4. The smallest absolute Gasteiger partial charge is 0.315 e. The van der Waals surface area contributed by atoms with Crippen molar-refractivity contribution in [2.24, 2.45) is 5.41 Å². The number of hydrogen-bond donors (Lipinski definition) is 0. The van der Waals surface area contributed by atoms with Gasteiger partial charge in [0.1, 0.15) is 0 Å². The molecule has 0 fully saturated rings. The van der Waals surface area contributed by atoms with Crippen molar-refractivity contribution in [3.05, 3.63) is 51.0 Å². The van der Waals surface area contributed by atoms with Crippen molar-refractivity contribution in [1.82, 2.24) is 0 Å². The second-order valence-corrected chi connectivity index (χ2v) is 5.46. The van der Waals surface area contributed by atoms with Crippen LogP contribution >= 0.6 is 15.9 Å². The summed E-state index contributed by atoms with van der Waals surface area (Å²) in [4.78, 5) is 22.6. The summed E-state index contributed by atoms with van der Waals surface area (Å²) >= 11 is 3.20. The molecule has 0 aliphatic carbocycles. The molecule has 1 aromatic carbocycles. The van der Waals surface area contributed by atoms with Crippen molar-refractivity contribution in [1.29, 1.82) is 0 Å². The first kappa shape index (κ1) is 16.4. The highest BCUT2D eigenvalue weighted by Gasteiger charge is 2.34. The number of nitro groups is 1. The average molecular weight is 342 g/mol. The van der Waals surface area contributed by atoms with E-state index in [0.717, 1.165) is 0 Å². The van der Waals surface area contributed by atoms with Gasteiger partial charge in [0.25, 0.3) is 5.69 Å². The molecule has 0 spiro atoms. The van der Waals surface area contributed by atoms with Gasteiger partial charge in [0.2, 0.25) is 0 Å². The Morgan fingerprint density at radius 3 is 2.75 bits per heavy atom. The number of halogens is 1. The lowest BCUT2D eigenvalue weighted by Crippen LogP contribution is -2.30. The summed E-state index contributed by atoms with van der Waals surface area (Å²) in [6, 6.07) is 4.75. The Morgan fingerprint density at radius 2 is 2.25 bits per heavy atom. The number of ether oxygens (including phenoxy) is 1. The van der Waals surface area contributed by atoms with Gasteiger partial charge in [0, 0.05) is 16.1 Å². The minimum absolute atomic E-state index is 0.0308. The molecule has 0 saturated carbocycles. The molecule has 1 rings (SSSR count). The van der Waals surface area contributed by atoms with Crippen molar-refractivity contribution in [2.75, 3.05) is 6.61 Å². The molecule has 108 valence electrons. The standard InChI is InChI=1S/C14H16BrNO4/c1-4-14(3,13(17)20-5-2)9-10-6-7-11(15)8-12(10)16(18)19/h4,6-8H,1,5,9H2,2-3H3. The van der Waals surface area contributed by atoms with Gasteiger partial charge in [-0.3, -0.25) is 14.9 Å². The van der Waals surface area contributed by atoms with Crippen LogP contribution in [0.3, 0.4) is 0 Å². The highest BCUT2D eigenvalue weighted by molar-refractivity contribution is 9.10. The number of benzene rings is 1. The predicted octanol–water partition coefficient (Wildman–Crippen LogP) is 3.66. The summed E-state index contributed by atoms with van der Waals surface area (Å²) in [5, 5.41) is 11.1. The van der Waals surface area contributed by atoms with Crippen LogP contribution in [0.25, 0.3) is 0 Å². The second kappa shape index (κ2) is 6.65. The van der Waals surface area contributed by atoms with Crippen molar-refractivity contribution in [3.63, 3.8) is 0 Å². The molecule has 20 heavy (non-hydrogen) atoms. The Kier molecular flexibility index (Phi) is 5.44. The lowest BCUT2D eigenvalue weighted by atomic mass is 9.83. The van der Waals surface area contributed by atoms with E-state index in [0.29, 0.717) is 10.0 Å². The molecule has 0 radical (unpaired) electrons. The molecule has 0 aromatic heterocycles. The highest BCUT2D eigenvalue weighted by Crippen LogP contribution is 2.32. The van der Waals surface area contributed by atoms with Crippen LogP contribution in [0.1, 0.15) is 19.4 Å². The predicted molar refractivity (Wildman–Crippen MR) is 79.4 cm³/mol. The van der Waals surface area contributed by atoms with Crippen LogP contribution in [0, 0.1) is 15.5 Å². The lowest BCUT2D eigenvalue weighted by Gasteiger charge is -2.23. The highest BCUT2D eigenvalue weighted by atomic mass is 79.9. The van der Waals surface area contributed by atoms with Crippen molar-refractivity contribution in [3.8, 4) is 0 Å². The molecule has 0 N–H and O–H groups in total. The van der Waals surface area contributed by atoms with E-state index in [1.165, 1.54) is 12.1 Å². The second-order valence-electron chi connectivity index (χ2n) is 4.55. The molecule has 0 aliphatic rings. The van der Waals surface area contributed by atoms with Gasteiger partial charge in [-0.25, -0.2) is 0 Å². The molecule has 1 aromatic rings. The van der Waals surface area contributed by atoms with Gasteiger partial charge in [-0.2, -0.15) is 0 Å². The molecule has 0 saturated heterocycles. The summed E-state index contributed by atoms with van der Waals surface area (Å²) in [6.45, 7) is 7.27. The monoisotopic (exact) mass is 341 g/mol. The van der Waals surface area contributed by atoms with Gasteiger partial charge in [0.05, 0.1) is 16.9 Å². The first-order valence-corrected chi connectivity index (χ1v) is 6.87. The fourth-order valence-electron chi connectivity index (χ4n) is 1.78.